The fourth-order valence-electron chi connectivity index (χ4n) is 4.01. The highest BCUT2D eigenvalue weighted by atomic mass is 16.2. The van der Waals surface area contributed by atoms with Gasteiger partial charge >= 0.3 is 0 Å². The zero-order valence-electron chi connectivity index (χ0n) is 13.1. The molecule has 0 spiro atoms. The average molecular weight is 293 g/mol. The summed E-state index contributed by atoms with van der Waals surface area (Å²) in [5.74, 6) is 0.222. The number of piperidine rings is 1. The Balaban J connectivity index is 1.63. The minimum atomic E-state index is -0.110. The van der Waals surface area contributed by atoms with Crippen molar-refractivity contribution in [1.29, 1.82) is 0 Å². The monoisotopic (exact) mass is 293 g/mol. The van der Waals surface area contributed by atoms with Gasteiger partial charge in [0.05, 0.1) is 5.92 Å². The van der Waals surface area contributed by atoms with E-state index in [1.54, 1.807) is 11.9 Å². The van der Waals surface area contributed by atoms with Gasteiger partial charge in [0.1, 0.15) is 0 Å². The van der Waals surface area contributed by atoms with Gasteiger partial charge < -0.3 is 14.7 Å². The van der Waals surface area contributed by atoms with Crippen LogP contribution in [-0.2, 0) is 9.59 Å². The van der Waals surface area contributed by atoms with E-state index in [0.717, 1.165) is 25.9 Å². The van der Waals surface area contributed by atoms with E-state index in [1.165, 1.54) is 32.4 Å². The van der Waals surface area contributed by atoms with E-state index in [4.69, 9.17) is 0 Å². The molecule has 0 aromatic rings. The Morgan fingerprint density at radius 3 is 2.52 bits per heavy atom. The summed E-state index contributed by atoms with van der Waals surface area (Å²) in [7, 11) is 1.80. The summed E-state index contributed by atoms with van der Waals surface area (Å²) in [6.45, 7) is 4.88. The van der Waals surface area contributed by atoms with Crippen molar-refractivity contribution < 1.29 is 9.59 Å². The SMILES string of the molecule is CN1CC(C(=O)N2CCCC[C@H]2CN2CCCC2)CC1=O. The van der Waals surface area contributed by atoms with Crippen LogP contribution in [0.2, 0.25) is 0 Å². The van der Waals surface area contributed by atoms with Gasteiger partial charge in [-0.2, -0.15) is 0 Å². The van der Waals surface area contributed by atoms with Gasteiger partial charge in [-0.25, -0.2) is 0 Å². The van der Waals surface area contributed by atoms with E-state index < -0.39 is 0 Å². The van der Waals surface area contributed by atoms with Crippen LogP contribution in [0.5, 0.6) is 0 Å². The Labute approximate surface area is 127 Å². The number of likely N-dealkylation sites (tertiary alicyclic amines) is 3. The zero-order chi connectivity index (χ0) is 14.8. The van der Waals surface area contributed by atoms with E-state index in [9.17, 15) is 9.59 Å². The van der Waals surface area contributed by atoms with Gasteiger partial charge in [0, 0.05) is 39.1 Å². The van der Waals surface area contributed by atoms with Crippen LogP contribution in [-0.4, -0.2) is 72.3 Å². The largest absolute Gasteiger partial charge is 0.345 e. The molecule has 0 aliphatic carbocycles. The third-order valence-corrected chi connectivity index (χ3v) is 5.27. The lowest BCUT2D eigenvalue weighted by molar-refractivity contribution is -0.139. The van der Waals surface area contributed by atoms with E-state index in [1.807, 2.05) is 0 Å². The molecule has 1 unspecified atom stereocenters. The first-order valence-corrected chi connectivity index (χ1v) is 8.42. The molecule has 3 fully saturated rings. The fraction of sp³-hybridized carbons (Fsp3) is 0.875. The number of amides is 2. The summed E-state index contributed by atoms with van der Waals surface area (Å²) in [6.07, 6.45) is 6.46. The molecule has 3 saturated heterocycles. The molecule has 0 aromatic carbocycles. The molecule has 3 rings (SSSR count). The van der Waals surface area contributed by atoms with Crippen LogP contribution in [0, 0.1) is 5.92 Å². The van der Waals surface area contributed by atoms with Crippen LogP contribution in [0.4, 0.5) is 0 Å². The van der Waals surface area contributed by atoms with Crippen LogP contribution >= 0.6 is 0 Å². The quantitative estimate of drug-likeness (QED) is 0.778. The van der Waals surface area contributed by atoms with Crippen molar-refractivity contribution in [3.05, 3.63) is 0 Å². The average Bonchev–Trinajstić information content (AvgIpc) is 3.10. The van der Waals surface area contributed by atoms with Crippen molar-refractivity contribution in [1.82, 2.24) is 14.7 Å². The Kier molecular flexibility index (Phi) is 4.48. The molecule has 2 atom stereocenters. The first kappa shape index (κ1) is 14.8. The molecule has 118 valence electrons. The molecule has 5 heteroatoms. The molecule has 0 bridgehead atoms. The standard InChI is InChI=1S/C16H27N3O2/c1-17-11-13(10-15(17)20)16(21)19-9-3-2-6-14(19)12-18-7-4-5-8-18/h13-14H,2-12H2,1H3/t13?,14-/m0/s1. The maximum Gasteiger partial charge on any atom is 0.228 e. The lowest BCUT2D eigenvalue weighted by Gasteiger charge is -2.39. The topological polar surface area (TPSA) is 43.9 Å². The maximum absolute atomic E-state index is 12.8. The Morgan fingerprint density at radius 1 is 1.14 bits per heavy atom. The van der Waals surface area contributed by atoms with Crippen LogP contribution in [0.15, 0.2) is 0 Å². The Bertz CT molecular complexity index is 406. The van der Waals surface area contributed by atoms with E-state index in [0.29, 0.717) is 19.0 Å². The van der Waals surface area contributed by atoms with Crippen LogP contribution in [0.25, 0.3) is 0 Å². The second-order valence-corrected chi connectivity index (χ2v) is 6.86. The molecular formula is C16H27N3O2. The van der Waals surface area contributed by atoms with Crippen molar-refractivity contribution in [3.8, 4) is 0 Å². The van der Waals surface area contributed by atoms with Crippen molar-refractivity contribution >= 4 is 11.8 Å². The highest BCUT2D eigenvalue weighted by molar-refractivity contribution is 5.89. The third-order valence-electron chi connectivity index (χ3n) is 5.27. The summed E-state index contributed by atoms with van der Waals surface area (Å²) in [4.78, 5) is 30.8. The summed E-state index contributed by atoms with van der Waals surface area (Å²) < 4.78 is 0. The summed E-state index contributed by atoms with van der Waals surface area (Å²) >= 11 is 0. The molecule has 0 saturated carbocycles. The highest BCUT2D eigenvalue weighted by Gasteiger charge is 2.38. The summed E-state index contributed by atoms with van der Waals surface area (Å²) in [6, 6.07) is 0.366. The molecule has 5 nitrogen and oxygen atoms in total. The molecule has 3 aliphatic rings. The minimum absolute atomic E-state index is 0.110. The highest BCUT2D eigenvalue weighted by Crippen LogP contribution is 2.25. The zero-order valence-corrected chi connectivity index (χ0v) is 13.1. The van der Waals surface area contributed by atoms with Crippen molar-refractivity contribution in [3.63, 3.8) is 0 Å². The third kappa shape index (κ3) is 3.23. The number of carbonyl (C=O) groups is 2. The maximum atomic E-state index is 12.8. The number of nitrogens with zero attached hydrogens (tertiary/aromatic N) is 3. The molecule has 21 heavy (non-hydrogen) atoms. The fourth-order valence-corrected chi connectivity index (χ4v) is 4.01. The predicted molar refractivity (Wildman–Crippen MR) is 80.8 cm³/mol. The van der Waals surface area contributed by atoms with Gasteiger partial charge in [0.25, 0.3) is 0 Å². The molecule has 0 radical (unpaired) electrons. The second kappa shape index (κ2) is 6.34. The van der Waals surface area contributed by atoms with Crippen molar-refractivity contribution in [2.45, 2.75) is 44.6 Å². The van der Waals surface area contributed by atoms with Gasteiger partial charge in [-0.1, -0.05) is 0 Å². The smallest absolute Gasteiger partial charge is 0.228 e. The Hall–Kier alpha value is -1.10. The summed E-state index contributed by atoms with van der Waals surface area (Å²) in [5.41, 5.74) is 0. The van der Waals surface area contributed by atoms with Crippen LogP contribution in [0.3, 0.4) is 0 Å². The number of carbonyl (C=O) groups excluding carboxylic acids is 2. The van der Waals surface area contributed by atoms with Gasteiger partial charge in [0.15, 0.2) is 0 Å². The number of hydrogen-bond donors (Lipinski definition) is 0. The first-order valence-electron chi connectivity index (χ1n) is 8.42. The van der Waals surface area contributed by atoms with E-state index in [2.05, 4.69) is 9.80 Å². The van der Waals surface area contributed by atoms with E-state index >= 15 is 0 Å². The van der Waals surface area contributed by atoms with Gasteiger partial charge in [0.2, 0.25) is 11.8 Å². The number of hydrogen-bond acceptors (Lipinski definition) is 3. The normalized spacial score (nSPS) is 31.2. The Morgan fingerprint density at radius 2 is 1.86 bits per heavy atom. The summed E-state index contributed by atoms with van der Waals surface area (Å²) in [5, 5.41) is 0. The molecule has 3 heterocycles. The lowest BCUT2D eigenvalue weighted by atomic mass is 9.98. The number of rotatable bonds is 3. The predicted octanol–water partition coefficient (Wildman–Crippen LogP) is 0.942. The first-order chi connectivity index (χ1) is 10.1. The molecule has 2 amide bonds. The van der Waals surface area contributed by atoms with Crippen LogP contribution < -0.4 is 0 Å². The van der Waals surface area contributed by atoms with Gasteiger partial charge in [-0.15, -0.1) is 0 Å². The van der Waals surface area contributed by atoms with Gasteiger partial charge in [-0.3, -0.25) is 9.59 Å². The molecular weight excluding hydrogens is 266 g/mol. The minimum Gasteiger partial charge on any atom is -0.345 e. The second-order valence-electron chi connectivity index (χ2n) is 6.86. The van der Waals surface area contributed by atoms with E-state index in [-0.39, 0.29) is 17.7 Å². The van der Waals surface area contributed by atoms with Gasteiger partial charge in [-0.05, 0) is 45.2 Å². The molecule has 3 aliphatic heterocycles. The van der Waals surface area contributed by atoms with Crippen LogP contribution in [0.1, 0.15) is 38.5 Å². The molecule has 0 aromatic heterocycles. The van der Waals surface area contributed by atoms with Crippen molar-refractivity contribution in [2.75, 3.05) is 39.8 Å². The van der Waals surface area contributed by atoms with Crippen molar-refractivity contribution in [2.24, 2.45) is 5.92 Å². The lowest BCUT2D eigenvalue weighted by Crippen LogP contribution is -2.51. The molecule has 0 N–H and O–H groups in total.